The first-order chi connectivity index (χ1) is 8.19. The molecule has 0 radical (unpaired) electrons. The third kappa shape index (κ3) is 2.85. The molecule has 4 nitrogen and oxygen atoms in total. The van der Waals surface area contributed by atoms with E-state index < -0.39 is 0 Å². The summed E-state index contributed by atoms with van der Waals surface area (Å²) in [6.45, 7) is 4.00. The summed E-state index contributed by atoms with van der Waals surface area (Å²) in [4.78, 5) is 0. The summed E-state index contributed by atoms with van der Waals surface area (Å²) in [5, 5.41) is 6.86. The zero-order valence-electron chi connectivity index (χ0n) is 10.1. The number of benzene rings is 1. The molecule has 90 valence electrons. The molecule has 2 rings (SSSR count). The van der Waals surface area contributed by atoms with Gasteiger partial charge in [-0.1, -0.05) is 19.1 Å². The van der Waals surface area contributed by atoms with Gasteiger partial charge < -0.3 is 10.5 Å². The standard InChI is InChI=1S/C13H17N3O/c1-3-12(14)10-5-4-6-11(8-10)17-13-7-9(2)15-16-13/h4-8,12H,3,14H2,1-2H3,(H,15,16). The summed E-state index contributed by atoms with van der Waals surface area (Å²) in [6, 6.07) is 9.72. The number of H-pyrrole nitrogens is 1. The molecule has 0 fully saturated rings. The van der Waals surface area contributed by atoms with E-state index in [1.54, 1.807) is 0 Å². The van der Waals surface area contributed by atoms with Crippen molar-refractivity contribution in [1.29, 1.82) is 0 Å². The number of nitrogens with zero attached hydrogens (tertiary/aromatic N) is 1. The Balaban J connectivity index is 2.16. The van der Waals surface area contributed by atoms with Crippen LogP contribution < -0.4 is 10.5 Å². The van der Waals surface area contributed by atoms with E-state index in [0.29, 0.717) is 5.88 Å². The lowest BCUT2D eigenvalue weighted by atomic mass is 10.1. The summed E-state index contributed by atoms with van der Waals surface area (Å²) < 4.78 is 5.64. The molecule has 0 aliphatic carbocycles. The maximum Gasteiger partial charge on any atom is 0.238 e. The molecule has 1 heterocycles. The van der Waals surface area contributed by atoms with Crippen LogP contribution in [0.25, 0.3) is 0 Å². The van der Waals surface area contributed by atoms with Crippen LogP contribution in [0.4, 0.5) is 0 Å². The molecule has 0 spiro atoms. The van der Waals surface area contributed by atoms with Crippen molar-refractivity contribution in [2.24, 2.45) is 5.73 Å². The molecule has 0 saturated carbocycles. The van der Waals surface area contributed by atoms with Crippen molar-refractivity contribution in [3.8, 4) is 11.6 Å². The first-order valence-corrected chi connectivity index (χ1v) is 5.74. The first-order valence-electron chi connectivity index (χ1n) is 5.74. The topological polar surface area (TPSA) is 63.9 Å². The average Bonchev–Trinajstić information content (AvgIpc) is 2.74. The monoisotopic (exact) mass is 231 g/mol. The second-order valence-electron chi connectivity index (χ2n) is 4.08. The molecule has 1 atom stereocenters. The number of aromatic amines is 1. The molecule has 3 N–H and O–H groups in total. The van der Waals surface area contributed by atoms with E-state index in [1.165, 1.54) is 0 Å². The number of aromatic nitrogens is 2. The lowest BCUT2D eigenvalue weighted by Gasteiger charge is -2.10. The van der Waals surface area contributed by atoms with E-state index in [-0.39, 0.29) is 6.04 Å². The minimum absolute atomic E-state index is 0.0551. The van der Waals surface area contributed by atoms with Crippen molar-refractivity contribution in [3.05, 3.63) is 41.6 Å². The van der Waals surface area contributed by atoms with Crippen LogP contribution in [-0.4, -0.2) is 10.2 Å². The largest absolute Gasteiger partial charge is 0.438 e. The SMILES string of the molecule is CCC(N)c1cccc(Oc2cc(C)[nH]n2)c1. The number of hydrogen-bond donors (Lipinski definition) is 2. The summed E-state index contributed by atoms with van der Waals surface area (Å²) in [6.07, 6.45) is 0.908. The fourth-order valence-electron chi connectivity index (χ4n) is 1.61. The van der Waals surface area contributed by atoms with E-state index in [2.05, 4.69) is 17.1 Å². The van der Waals surface area contributed by atoms with E-state index >= 15 is 0 Å². The fraction of sp³-hybridized carbons (Fsp3) is 0.308. The summed E-state index contributed by atoms with van der Waals surface area (Å²) >= 11 is 0. The van der Waals surface area contributed by atoms with Gasteiger partial charge in [0.1, 0.15) is 5.75 Å². The Kier molecular flexibility index (Phi) is 3.44. The normalized spacial score (nSPS) is 12.4. The van der Waals surface area contributed by atoms with E-state index in [9.17, 15) is 0 Å². The Morgan fingerprint density at radius 2 is 2.24 bits per heavy atom. The fourth-order valence-corrected chi connectivity index (χ4v) is 1.61. The van der Waals surface area contributed by atoms with Crippen molar-refractivity contribution in [2.45, 2.75) is 26.3 Å². The van der Waals surface area contributed by atoms with Crippen LogP contribution in [0.2, 0.25) is 0 Å². The van der Waals surface area contributed by atoms with E-state index in [4.69, 9.17) is 10.5 Å². The van der Waals surface area contributed by atoms with Crippen LogP contribution in [0.3, 0.4) is 0 Å². The lowest BCUT2D eigenvalue weighted by Crippen LogP contribution is -2.08. The molecule has 1 unspecified atom stereocenters. The molecular formula is C13H17N3O. The molecule has 0 saturated heterocycles. The van der Waals surface area contributed by atoms with Gasteiger partial charge in [-0.05, 0) is 31.0 Å². The van der Waals surface area contributed by atoms with Gasteiger partial charge in [0.2, 0.25) is 5.88 Å². The second-order valence-corrected chi connectivity index (χ2v) is 4.08. The van der Waals surface area contributed by atoms with Crippen LogP contribution in [-0.2, 0) is 0 Å². The summed E-state index contributed by atoms with van der Waals surface area (Å²) in [5.74, 6) is 1.34. The number of nitrogens with two attached hydrogens (primary N) is 1. The quantitative estimate of drug-likeness (QED) is 0.850. The predicted molar refractivity (Wildman–Crippen MR) is 67.1 cm³/mol. The Bertz CT molecular complexity index is 493. The second kappa shape index (κ2) is 5.01. The van der Waals surface area contributed by atoms with Gasteiger partial charge in [-0.25, -0.2) is 0 Å². The molecule has 2 aromatic rings. The van der Waals surface area contributed by atoms with Gasteiger partial charge in [-0.15, -0.1) is 5.10 Å². The number of hydrogen-bond acceptors (Lipinski definition) is 3. The van der Waals surface area contributed by atoms with E-state index in [1.807, 2.05) is 37.3 Å². The average molecular weight is 231 g/mol. The van der Waals surface area contributed by atoms with Gasteiger partial charge in [0.15, 0.2) is 0 Å². The molecule has 0 aliphatic rings. The van der Waals surface area contributed by atoms with E-state index in [0.717, 1.165) is 23.4 Å². The Hall–Kier alpha value is -1.81. The Morgan fingerprint density at radius 1 is 1.41 bits per heavy atom. The van der Waals surface area contributed by atoms with Crippen molar-refractivity contribution in [3.63, 3.8) is 0 Å². The van der Waals surface area contributed by atoms with Gasteiger partial charge in [0.05, 0.1) is 0 Å². The molecule has 1 aromatic heterocycles. The Labute approximate surface area is 101 Å². The predicted octanol–water partition coefficient (Wildman–Crippen LogP) is 2.92. The third-order valence-corrected chi connectivity index (χ3v) is 2.63. The first kappa shape index (κ1) is 11.7. The van der Waals surface area contributed by atoms with Gasteiger partial charge in [-0.2, -0.15) is 0 Å². The van der Waals surface area contributed by atoms with Crippen molar-refractivity contribution < 1.29 is 4.74 Å². The zero-order valence-corrected chi connectivity index (χ0v) is 10.1. The van der Waals surface area contributed by atoms with Gasteiger partial charge in [0, 0.05) is 17.8 Å². The van der Waals surface area contributed by atoms with Crippen LogP contribution in [0.5, 0.6) is 11.6 Å². The third-order valence-electron chi connectivity index (χ3n) is 2.63. The molecule has 4 heteroatoms. The zero-order chi connectivity index (χ0) is 12.3. The maximum atomic E-state index is 5.98. The molecular weight excluding hydrogens is 214 g/mol. The summed E-state index contributed by atoms with van der Waals surface area (Å²) in [7, 11) is 0. The van der Waals surface area contributed by atoms with Crippen LogP contribution in [0.1, 0.15) is 30.6 Å². The Morgan fingerprint density at radius 3 is 2.88 bits per heavy atom. The van der Waals surface area contributed by atoms with Crippen LogP contribution >= 0.6 is 0 Å². The lowest BCUT2D eigenvalue weighted by molar-refractivity contribution is 0.460. The minimum atomic E-state index is 0.0551. The molecule has 0 bridgehead atoms. The smallest absolute Gasteiger partial charge is 0.238 e. The number of rotatable bonds is 4. The highest BCUT2D eigenvalue weighted by Gasteiger charge is 2.06. The van der Waals surface area contributed by atoms with Crippen molar-refractivity contribution in [1.82, 2.24) is 10.2 Å². The van der Waals surface area contributed by atoms with Crippen molar-refractivity contribution >= 4 is 0 Å². The maximum absolute atomic E-state index is 5.98. The number of aryl methyl sites for hydroxylation is 1. The highest BCUT2D eigenvalue weighted by molar-refractivity contribution is 5.33. The number of ether oxygens (including phenoxy) is 1. The highest BCUT2D eigenvalue weighted by atomic mass is 16.5. The molecule has 1 aromatic carbocycles. The molecule has 0 aliphatic heterocycles. The highest BCUT2D eigenvalue weighted by Crippen LogP contribution is 2.23. The van der Waals surface area contributed by atoms with Crippen LogP contribution in [0.15, 0.2) is 30.3 Å². The molecule has 0 amide bonds. The van der Waals surface area contributed by atoms with Crippen LogP contribution in [0, 0.1) is 6.92 Å². The van der Waals surface area contributed by atoms with Gasteiger partial charge >= 0.3 is 0 Å². The van der Waals surface area contributed by atoms with Gasteiger partial charge in [0.25, 0.3) is 0 Å². The van der Waals surface area contributed by atoms with Gasteiger partial charge in [-0.3, -0.25) is 5.10 Å². The summed E-state index contributed by atoms with van der Waals surface area (Å²) in [5.41, 5.74) is 8.04. The molecule has 17 heavy (non-hydrogen) atoms. The number of nitrogens with one attached hydrogen (secondary N) is 1. The van der Waals surface area contributed by atoms with Crippen molar-refractivity contribution in [2.75, 3.05) is 0 Å². The minimum Gasteiger partial charge on any atom is -0.438 e.